The highest BCUT2D eigenvalue weighted by molar-refractivity contribution is 6.01. The van der Waals surface area contributed by atoms with Gasteiger partial charge in [0, 0.05) is 30.0 Å². The lowest BCUT2D eigenvalue weighted by Gasteiger charge is -2.16. The molecule has 0 amide bonds. The average Bonchev–Trinajstić information content (AvgIpc) is 2.74. The molecule has 2 aromatic carbocycles. The summed E-state index contributed by atoms with van der Waals surface area (Å²) < 4.78 is 1.40. The Bertz CT molecular complexity index is 1110. The fraction of sp³-hybridized carbons (Fsp3) is 0.360. The van der Waals surface area contributed by atoms with Gasteiger partial charge in [-0.2, -0.15) is 0 Å². The lowest BCUT2D eigenvalue weighted by Crippen LogP contribution is -3.11. The van der Waals surface area contributed by atoms with Gasteiger partial charge in [0.1, 0.15) is 0 Å². The predicted molar refractivity (Wildman–Crippen MR) is 125 cm³/mol. The van der Waals surface area contributed by atoms with Crippen molar-refractivity contribution in [2.75, 3.05) is 26.2 Å². The first-order chi connectivity index (χ1) is 14.5. The smallest absolute Gasteiger partial charge is 0.265 e. The summed E-state index contributed by atoms with van der Waals surface area (Å²) in [6.07, 6.45) is 2.71. The minimum absolute atomic E-state index is 0.0660. The monoisotopic (exact) mass is 406 g/mol. The minimum Gasteiger partial charge on any atom is -0.494 e. The van der Waals surface area contributed by atoms with E-state index >= 15 is 0 Å². The van der Waals surface area contributed by atoms with Crippen molar-refractivity contribution in [1.29, 1.82) is 0 Å². The van der Waals surface area contributed by atoms with E-state index in [0.717, 1.165) is 42.6 Å². The van der Waals surface area contributed by atoms with Crippen molar-refractivity contribution in [2.24, 2.45) is 4.99 Å². The third-order valence-corrected chi connectivity index (χ3v) is 5.73. The van der Waals surface area contributed by atoms with Crippen LogP contribution in [0.25, 0.3) is 16.5 Å². The number of nitrogens with one attached hydrogen (secondary N) is 1. The van der Waals surface area contributed by atoms with Crippen molar-refractivity contribution in [3.8, 4) is 11.6 Å². The zero-order valence-electron chi connectivity index (χ0n) is 18.4. The molecule has 0 unspecified atom stereocenters. The fourth-order valence-electron chi connectivity index (χ4n) is 3.95. The van der Waals surface area contributed by atoms with Crippen LogP contribution >= 0.6 is 0 Å². The van der Waals surface area contributed by atoms with Crippen molar-refractivity contribution < 1.29 is 10.0 Å². The summed E-state index contributed by atoms with van der Waals surface area (Å²) in [5, 5.41) is 12.4. The summed E-state index contributed by atoms with van der Waals surface area (Å²) in [6, 6.07) is 13.2. The van der Waals surface area contributed by atoms with Crippen LogP contribution in [0.3, 0.4) is 0 Å². The predicted octanol–water partition coefficient (Wildman–Crippen LogP) is 3.05. The van der Waals surface area contributed by atoms with Gasteiger partial charge in [0.15, 0.2) is 0 Å². The minimum atomic E-state index is -0.225. The van der Waals surface area contributed by atoms with E-state index in [-0.39, 0.29) is 11.4 Å². The Morgan fingerprint density at radius 1 is 1.07 bits per heavy atom. The number of aromatic hydroxyl groups is 1. The number of aryl methyl sites for hydroxylation is 2. The zero-order chi connectivity index (χ0) is 21.7. The lowest BCUT2D eigenvalue weighted by molar-refractivity contribution is -0.896. The molecule has 0 saturated carbocycles. The maximum atomic E-state index is 13.2. The van der Waals surface area contributed by atoms with E-state index in [1.807, 2.05) is 50.2 Å². The molecule has 5 heteroatoms. The molecule has 0 spiro atoms. The van der Waals surface area contributed by atoms with Crippen molar-refractivity contribution in [1.82, 2.24) is 4.57 Å². The van der Waals surface area contributed by atoms with Gasteiger partial charge in [-0.15, -0.1) is 0 Å². The second-order valence-corrected chi connectivity index (χ2v) is 7.81. The zero-order valence-corrected chi connectivity index (χ0v) is 18.4. The highest BCUT2D eigenvalue weighted by atomic mass is 16.3. The molecule has 30 heavy (non-hydrogen) atoms. The Labute approximate surface area is 178 Å². The molecular weight excluding hydrogens is 374 g/mol. The molecule has 1 aromatic heterocycles. The topological polar surface area (TPSA) is 59.0 Å². The molecule has 0 bridgehead atoms. The van der Waals surface area contributed by atoms with Gasteiger partial charge in [-0.3, -0.25) is 9.79 Å². The molecule has 0 atom stereocenters. The number of quaternary nitrogens is 1. The maximum absolute atomic E-state index is 13.2. The summed E-state index contributed by atoms with van der Waals surface area (Å²) in [6.45, 7) is 12.4. The summed E-state index contributed by atoms with van der Waals surface area (Å²) >= 11 is 0. The number of rotatable bonds is 8. The number of fused-ring (bicyclic) bond motifs is 1. The Morgan fingerprint density at radius 3 is 2.43 bits per heavy atom. The number of pyridine rings is 1. The van der Waals surface area contributed by atoms with Gasteiger partial charge in [0.25, 0.3) is 5.56 Å². The van der Waals surface area contributed by atoms with Gasteiger partial charge < -0.3 is 10.0 Å². The molecule has 3 rings (SSSR count). The third-order valence-electron chi connectivity index (χ3n) is 5.73. The van der Waals surface area contributed by atoms with Crippen LogP contribution in [0.2, 0.25) is 0 Å². The summed E-state index contributed by atoms with van der Waals surface area (Å²) in [5.41, 5.74) is 3.10. The maximum Gasteiger partial charge on any atom is 0.265 e. The van der Waals surface area contributed by atoms with Crippen LogP contribution in [0.15, 0.2) is 52.3 Å². The van der Waals surface area contributed by atoms with Crippen molar-refractivity contribution >= 4 is 17.0 Å². The van der Waals surface area contributed by atoms with E-state index in [4.69, 9.17) is 0 Å². The van der Waals surface area contributed by atoms with Crippen molar-refractivity contribution in [2.45, 2.75) is 34.1 Å². The third kappa shape index (κ3) is 4.46. The van der Waals surface area contributed by atoms with E-state index in [1.54, 1.807) is 17.2 Å². The van der Waals surface area contributed by atoms with Crippen molar-refractivity contribution in [3.05, 3.63) is 69.5 Å². The fourth-order valence-corrected chi connectivity index (χ4v) is 3.95. The number of hydrogen-bond acceptors (Lipinski definition) is 3. The highest BCUT2D eigenvalue weighted by Crippen LogP contribution is 2.27. The van der Waals surface area contributed by atoms with Gasteiger partial charge in [0.2, 0.25) is 5.88 Å². The SMILES string of the molecule is CC[NH+](CC)CCCN=Cc1c(O)n(-c2ccc(C)cc2C)c(=O)c2ccccc12. The molecule has 0 aliphatic rings. The Balaban J connectivity index is 2.04. The van der Waals surface area contributed by atoms with Gasteiger partial charge >= 0.3 is 0 Å². The molecule has 158 valence electrons. The van der Waals surface area contributed by atoms with Crippen molar-refractivity contribution in [3.63, 3.8) is 0 Å². The van der Waals surface area contributed by atoms with E-state index in [1.165, 1.54) is 4.57 Å². The largest absolute Gasteiger partial charge is 0.494 e. The molecule has 1 heterocycles. The highest BCUT2D eigenvalue weighted by Gasteiger charge is 2.17. The van der Waals surface area contributed by atoms with Crippen LogP contribution in [-0.4, -0.2) is 42.1 Å². The molecule has 0 fully saturated rings. The van der Waals surface area contributed by atoms with E-state index < -0.39 is 0 Å². The second-order valence-electron chi connectivity index (χ2n) is 7.81. The Kier molecular flexibility index (Phi) is 7.06. The van der Waals surface area contributed by atoms with Crippen LogP contribution in [0.1, 0.15) is 37.0 Å². The average molecular weight is 407 g/mol. The quantitative estimate of drug-likeness (QED) is 0.446. The number of aliphatic imine (C=N–C) groups is 1. The summed E-state index contributed by atoms with van der Waals surface area (Å²) in [4.78, 5) is 19.3. The first-order valence-electron chi connectivity index (χ1n) is 10.8. The second kappa shape index (κ2) is 9.72. The number of benzene rings is 2. The molecule has 0 radical (unpaired) electrons. The van der Waals surface area contributed by atoms with Crippen LogP contribution < -0.4 is 10.5 Å². The van der Waals surface area contributed by atoms with E-state index in [2.05, 4.69) is 18.8 Å². The standard InChI is InChI=1S/C25H31N3O2/c1-5-27(6-2)15-9-14-26-17-22-20-10-7-8-11-21(20)24(29)28(25(22)30)23-13-12-18(3)16-19(23)4/h7-8,10-13,16-17,30H,5-6,9,14-15H2,1-4H3/p+1. The van der Waals surface area contributed by atoms with Gasteiger partial charge in [-0.05, 0) is 45.4 Å². The van der Waals surface area contributed by atoms with Gasteiger partial charge in [0.05, 0.1) is 30.9 Å². The number of hydrogen-bond donors (Lipinski definition) is 2. The normalized spacial score (nSPS) is 11.8. The molecule has 0 saturated heterocycles. The molecule has 0 aliphatic heterocycles. The molecule has 3 aromatic rings. The Hall–Kier alpha value is -2.92. The first-order valence-corrected chi connectivity index (χ1v) is 10.8. The molecule has 2 N–H and O–H groups in total. The number of aromatic nitrogens is 1. The molecule has 0 aliphatic carbocycles. The van der Waals surface area contributed by atoms with E-state index in [9.17, 15) is 9.90 Å². The van der Waals surface area contributed by atoms with Gasteiger partial charge in [-0.25, -0.2) is 4.57 Å². The number of nitrogens with zero attached hydrogens (tertiary/aromatic N) is 2. The van der Waals surface area contributed by atoms with Crippen LogP contribution in [0, 0.1) is 13.8 Å². The summed E-state index contributed by atoms with van der Waals surface area (Å²) in [5.74, 6) is -0.0660. The van der Waals surface area contributed by atoms with Crippen LogP contribution in [-0.2, 0) is 0 Å². The first kappa shape index (κ1) is 21.8. The van der Waals surface area contributed by atoms with Gasteiger partial charge in [-0.1, -0.05) is 35.9 Å². The lowest BCUT2D eigenvalue weighted by atomic mass is 10.1. The molecule has 5 nitrogen and oxygen atoms in total. The van der Waals surface area contributed by atoms with Crippen LogP contribution in [0.4, 0.5) is 0 Å². The van der Waals surface area contributed by atoms with E-state index in [0.29, 0.717) is 23.2 Å². The van der Waals surface area contributed by atoms with Crippen LogP contribution in [0.5, 0.6) is 5.88 Å². The Morgan fingerprint density at radius 2 is 1.77 bits per heavy atom. The summed E-state index contributed by atoms with van der Waals surface area (Å²) in [7, 11) is 0. The molecular formula is C25H32N3O2+.